The fourth-order valence-electron chi connectivity index (χ4n) is 2.25. The van der Waals surface area contributed by atoms with Crippen molar-refractivity contribution in [3.8, 4) is 5.75 Å². The van der Waals surface area contributed by atoms with E-state index in [1.165, 1.54) is 7.11 Å². The predicted molar refractivity (Wildman–Crippen MR) is 88.9 cm³/mol. The van der Waals surface area contributed by atoms with Gasteiger partial charge in [-0.3, -0.25) is 0 Å². The van der Waals surface area contributed by atoms with E-state index in [1.807, 2.05) is 30.5 Å². The van der Waals surface area contributed by atoms with E-state index in [-0.39, 0.29) is 6.03 Å². The van der Waals surface area contributed by atoms with Crippen molar-refractivity contribution in [2.24, 2.45) is 0 Å². The van der Waals surface area contributed by atoms with Gasteiger partial charge in [-0.05, 0) is 36.4 Å². The number of methoxy groups -OCH3 is 1. The molecule has 0 atom stereocenters. The molecule has 0 aliphatic rings. The van der Waals surface area contributed by atoms with Crippen LogP contribution in [0.15, 0.2) is 48.7 Å². The third-order valence-electron chi connectivity index (χ3n) is 3.25. The fourth-order valence-corrected chi connectivity index (χ4v) is 2.42. The highest BCUT2D eigenvalue weighted by Gasteiger charge is 2.10. The lowest BCUT2D eigenvalue weighted by Gasteiger charge is -2.12. The molecule has 1 heterocycles. The number of anilines is 2. The van der Waals surface area contributed by atoms with Crippen LogP contribution < -0.4 is 15.4 Å². The normalized spacial score (nSPS) is 10.5. The van der Waals surface area contributed by atoms with Crippen molar-refractivity contribution < 1.29 is 9.53 Å². The van der Waals surface area contributed by atoms with Gasteiger partial charge in [0.15, 0.2) is 0 Å². The molecule has 0 spiro atoms. The summed E-state index contributed by atoms with van der Waals surface area (Å²) in [6.45, 7) is 0. The Morgan fingerprint density at radius 2 is 1.95 bits per heavy atom. The monoisotopic (exact) mass is 315 g/mol. The van der Waals surface area contributed by atoms with Gasteiger partial charge in [0, 0.05) is 22.1 Å². The van der Waals surface area contributed by atoms with Gasteiger partial charge < -0.3 is 20.4 Å². The average Bonchev–Trinajstić information content (AvgIpc) is 2.97. The molecule has 0 unspecified atom stereocenters. The maximum Gasteiger partial charge on any atom is 0.323 e. The standard InChI is InChI=1S/C16H14ClN3O2/c1-22-15-6-5-10(17)9-14(15)20-16(21)19-13-4-2-3-12-11(13)7-8-18-12/h2-9,18H,1H3,(H2,19,20,21). The number of benzene rings is 2. The van der Waals surface area contributed by atoms with Crippen LogP contribution in [0.5, 0.6) is 5.75 Å². The van der Waals surface area contributed by atoms with Crippen LogP contribution in [0.2, 0.25) is 5.02 Å². The van der Waals surface area contributed by atoms with Crippen molar-refractivity contribution in [2.75, 3.05) is 17.7 Å². The summed E-state index contributed by atoms with van der Waals surface area (Å²) in [7, 11) is 1.53. The number of hydrogen-bond acceptors (Lipinski definition) is 2. The molecule has 0 saturated carbocycles. The van der Waals surface area contributed by atoms with Crippen molar-refractivity contribution in [1.29, 1.82) is 0 Å². The highest BCUT2D eigenvalue weighted by atomic mass is 35.5. The number of fused-ring (bicyclic) bond motifs is 1. The van der Waals surface area contributed by atoms with Crippen molar-refractivity contribution in [3.63, 3.8) is 0 Å². The van der Waals surface area contributed by atoms with Crippen molar-refractivity contribution in [2.45, 2.75) is 0 Å². The number of nitrogens with one attached hydrogen (secondary N) is 3. The molecule has 5 nitrogen and oxygen atoms in total. The molecule has 0 bridgehead atoms. The van der Waals surface area contributed by atoms with Crippen LogP contribution in [-0.2, 0) is 0 Å². The summed E-state index contributed by atoms with van der Waals surface area (Å²) in [5, 5.41) is 7.02. The zero-order valence-corrected chi connectivity index (χ0v) is 12.6. The van der Waals surface area contributed by atoms with Gasteiger partial charge in [-0.25, -0.2) is 4.79 Å². The summed E-state index contributed by atoms with van der Waals surface area (Å²) in [5.41, 5.74) is 2.18. The second-order valence-corrected chi connectivity index (χ2v) is 5.10. The number of H-pyrrole nitrogens is 1. The highest BCUT2D eigenvalue weighted by molar-refractivity contribution is 6.31. The van der Waals surface area contributed by atoms with E-state index >= 15 is 0 Å². The van der Waals surface area contributed by atoms with Gasteiger partial charge in [0.1, 0.15) is 5.75 Å². The van der Waals surface area contributed by atoms with Crippen LogP contribution in [0.4, 0.5) is 16.2 Å². The van der Waals surface area contributed by atoms with Crippen LogP contribution >= 0.6 is 11.6 Å². The molecule has 112 valence electrons. The molecule has 0 fully saturated rings. The Kier molecular flexibility index (Phi) is 3.89. The minimum atomic E-state index is -0.366. The summed E-state index contributed by atoms with van der Waals surface area (Å²) in [6.07, 6.45) is 1.83. The SMILES string of the molecule is COc1ccc(Cl)cc1NC(=O)Nc1cccc2[nH]ccc12. The molecular weight excluding hydrogens is 302 g/mol. The number of urea groups is 1. The Labute approximate surface area is 132 Å². The van der Waals surface area contributed by atoms with E-state index < -0.39 is 0 Å². The molecule has 0 aliphatic heterocycles. The molecule has 22 heavy (non-hydrogen) atoms. The van der Waals surface area contributed by atoms with Gasteiger partial charge in [0.2, 0.25) is 0 Å². The van der Waals surface area contributed by atoms with Crippen LogP contribution in [0.3, 0.4) is 0 Å². The summed E-state index contributed by atoms with van der Waals surface area (Å²) in [6, 6.07) is 12.2. The van der Waals surface area contributed by atoms with E-state index in [0.717, 1.165) is 16.6 Å². The molecular formula is C16H14ClN3O2. The lowest BCUT2D eigenvalue weighted by Crippen LogP contribution is -2.19. The molecule has 2 aromatic carbocycles. The number of halogens is 1. The Morgan fingerprint density at radius 3 is 2.77 bits per heavy atom. The van der Waals surface area contributed by atoms with E-state index in [4.69, 9.17) is 16.3 Å². The molecule has 3 N–H and O–H groups in total. The van der Waals surface area contributed by atoms with Crippen LogP contribution in [0.25, 0.3) is 10.9 Å². The van der Waals surface area contributed by atoms with Gasteiger partial charge in [0.25, 0.3) is 0 Å². The van der Waals surface area contributed by atoms with Gasteiger partial charge in [0.05, 0.1) is 18.5 Å². The number of aromatic nitrogens is 1. The molecule has 0 aliphatic carbocycles. The lowest BCUT2D eigenvalue weighted by molar-refractivity contribution is 0.262. The third kappa shape index (κ3) is 2.84. The third-order valence-corrected chi connectivity index (χ3v) is 3.49. The summed E-state index contributed by atoms with van der Waals surface area (Å²) >= 11 is 5.95. The van der Waals surface area contributed by atoms with E-state index in [2.05, 4.69) is 15.6 Å². The first-order chi connectivity index (χ1) is 10.7. The van der Waals surface area contributed by atoms with E-state index in [1.54, 1.807) is 18.2 Å². The topological polar surface area (TPSA) is 66.2 Å². The quantitative estimate of drug-likeness (QED) is 0.667. The molecule has 3 rings (SSSR count). The second-order valence-electron chi connectivity index (χ2n) is 4.67. The largest absolute Gasteiger partial charge is 0.495 e. The lowest BCUT2D eigenvalue weighted by atomic mass is 10.2. The van der Waals surface area contributed by atoms with Crippen LogP contribution in [0.1, 0.15) is 0 Å². The average molecular weight is 316 g/mol. The van der Waals surface area contributed by atoms with Gasteiger partial charge in [-0.15, -0.1) is 0 Å². The van der Waals surface area contributed by atoms with Gasteiger partial charge >= 0.3 is 6.03 Å². The molecule has 3 aromatic rings. The first-order valence-electron chi connectivity index (χ1n) is 6.65. The summed E-state index contributed by atoms with van der Waals surface area (Å²) < 4.78 is 5.20. The zero-order valence-electron chi connectivity index (χ0n) is 11.8. The van der Waals surface area contributed by atoms with E-state index in [0.29, 0.717) is 16.5 Å². The predicted octanol–water partition coefficient (Wildman–Crippen LogP) is 4.47. The number of aromatic amines is 1. The Morgan fingerprint density at radius 1 is 1.14 bits per heavy atom. The molecule has 1 aromatic heterocycles. The number of carbonyl (C=O) groups excluding carboxylic acids is 1. The number of carbonyl (C=O) groups is 1. The van der Waals surface area contributed by atoms with Crippen LogP contribution in [0, 0.1) is 0 Å². The number of amides is 2. The van der Waals surface area contributed by atoms with Crippen molar-refractivity contribution >= 4 is 39.9 Å². The smallest absolute Gasteiger partial charge is 0.323 e. The van der Waals surface area contributed by atoms with Crippen molar-refractivity contribution in [3.05, 3.63) is 53.7 Å². The molecule has 2 amide bonds. The zero-order chi connectivity index (χ0) is 15.5. The minimum Gasteiger partial charge on any atom is -0.495 e. The van der Waals surface area contributed by atoms with Crippen LogP contribution in [-0.4, -0.2) is 18.1 Å². The van der Waals surface area contributed by atoms with Gasteiger partial charge in [-0.1, -0.05) is 17.7 Å². The first-order valence-corrected chi connectivity index (χ1v) is 7.03. The first kappa shape index (κ1) is 14.3. The number of hydrogen-bond donors (Lipinski definition) is 3. The summed E-state index contributed by atoms with van der Waals surface area (Å²) in [5.74, 6) is 0.541. The van der Waals surface area contributed by atoms with Gasteiger partial charge in [-0.2, -0.15) is 0 Å². The fraction of sp³-hybridized carbons (Fsp3) is 0.0625. The Hall–Kier alpha value is -2.66. The Bertz CT molecular complexity index is 829. The molecule has 6 heteroatoms. The molecule has 0 saturated heterocycles. The second kappa shape index (κ2) is 5.99. The van der Waals surface area contributed by atoms with E-state index in [9.17, 15) is 4.79 Å². The minimum absolute atomic E-state index is 0.366. The highest BCUT2D eigenvalue weighted by Crippen LogP contribution is 2.28. The maximum absolute atomic E-state index is 12.2. The van der Waals surface area contributed by atoms with Crippen molar-refractivity contribution in [1.82, 2.24) is 4.98 Å². The maximum atomic E-state index is 12.2. The number of ether oxygens (including phenoxy) is 1. The Balaban J connectivity index is 1.81. The summed E-state index contributed by atoms with van der Waals surface area (Å²) in [4.78, 5) is 15.3. The number of rotatable bonds is 3. The molecule has 0 radical (unpaired) electrons.